The Hall–Kier alpha value is -0.830. The molecule has 2 atom stereocenters. The molecule has 1 aromatic rings. The first-order valence-corrected chi connectivity index (χ1v) is 7.67. The minimum Gasteiger partial charge on any atom is -0.315 e. The molecule has 4 nitrogen and oxygen atoms in total. The van der Waals surface area contributed by atoms with E-state index < -0.39 is 32.4 Å². The summed E-state index contributed by atoms with van der Waals surface area (Å²) in [5.41, 5.74) is 0. The molecule has 0 amide bonds. The summed E-state index contributed by atoms with van der Waals surface area (Å²) in [7, 11) is -4.09. The van der Waals surface area contributed by atoms with Gasteiger partial charge in [0.15, 0.2) is 17.5 Å². The Balaban J connectivity index is 0.00000220. The molecule has 0 saturated carbocycles. The van der Waals surface area contributed by atoms with Crippen LogP contribution < -0.4 is 10.0 Å². The van der Waals surface area contributed by atoms with Crippen molar-refractivity contribution in [2.24, 2.45) is 5.92 Å². The van der Waals surface area contributed by atoms with Crippen LogP contribution in [0.15, 0.2) is 17.0 Å². The van der Waals surface area contributed by atoms with Crippen molar-refractivity contribution in [3.8, 4) is 0 Å². The molecular formula is C12H16ClF3N2O2S. The maximum Gasteiger partial charge on any atom is 0.241 e. The third kappa shape index (κ3) is 4.09. The van der Waals surface area contributed by atoms with Crippen LogP contribution in [0.2, 0.25) is 0 Å². The third-order valence-corrected chi connectivity index (χ3v) is 4.87. The van der Waals surface area contributed by atoms with Crippen molar-refractivity contribution in [1.29, 1.82) is 0 Å². The largest absolute Gasteiger partial charge is 0.315 e. The van der Waals surface area contributed by atoms with Gasteiger partial charge in [-0.2, -0.15) is 0 Å². The summed E-state index contributed by atoms with van der Waals surface area (Å²) in [6, 6.07) is 0.577. The Morgan fingerprint density at radius 2 is 1.81 bits per heavy atom. The van der Waals surface area contributed by atoms with Crippen LogP contribution in [0, 0.1) is 23.4 Å². The molecule has 0 aliphatic carbocycles. The van der Waals surface area contributed by atoms with Crippen LogP contribution in [0.3, 0.4) is 0 Å². The van der Waals surface area contributed by atoms with E-state index in [9.17, 15) is 21.6 Å². The molecule has 0 bridgehead atoms. The van der Waals surface area contributed by atoms with Gasteiger partial charge < -0.3 is 5.32 Å². The van der Waals surface area contributed by atoms with E-state index in [-0.39, 0.29) is 24.4 Å². The van der Waals surface area contributed by atoms with E-state index in [0.717, 1.165) is 13.0 Å². The summed E-state index contributed by atoms with van der Waals surface area (Å²) in [5.74, 6) is -4.64. The van der Waals surface area contributed by atoms with Crippen molar-refractivity contribution in [1.82, 2.24) is 10.0 Å². The summed E-state index contributed by atoms with van der Waals surface area (Å²) >= 11 is 0. The molecule has 1 saturated heterocycles. The third-order valence-electron chi connectivity index (χ3n) is 3.40. The molecule has 1 aromatic carbocycles. The molecule has 0 spiro atoms. The molecule has 1 aliphatic rings. The maximum atomic E-state index is 13.1. The fourth-order valence-corrected chi connectivity index (χ4v) is 3.47. The van der Waals surface area contributed by atoms with Crippen molar-refractivity contribution >= 4 is 22.4 Å². The fraction of sp³-hybridized carbons (Fsp3) is 0.500. The van der Waals surface area contributed by atoms with Crippen LogP contribution in [0.1, 0.15) is 13.3 Å². The molecule has 1 heterocycles. The fourth-order valence-electron chi connectivity index (χ4n) is 2.10. The normalized spacial score (nSPS) is 22.7. The Labute approximate surface area is 127 Å². The van der Waals surface area contributed by atoms with Crippen molar-refractivity contribution in [2.75, 3.05) is 13.1 Å². The zero-order chi connectivity index (χ0) is 14.9. The number of sulfonamides is 1. The number of benzene rings is 1. The van der Waals surface area contributed by atoms with Gasteiger partial charge in [-0.15, -0.1) is 12.4 Å². The van der Waals surface area contributed by atoms with Crippen LogP contribution in [-0.2, 0) is 10.0 Å². The summed E-state index contributed by atoms with van der Waals surface area (Å²) in [6.45, 7) is 3.12. The highest BCUT2D eigenvalue weighted by Gasteiger charge is 2.28. The van der Waals surface area contributed by atoms with Crippen LogP contribution in [0.25, 0.3) is 0 Å². The zero-order valence-electron chi connectivity index (χ0n) is 11.2. The molecule has 1 aliphatic heterocycles. The molecule has 0 aromatic heterocycles. The minimum atomic E-state index is -4.09. The zero-order valence-corrected chi connectivity index (χ0v) is 12.8. The first-order chi connectivity index (χ1) is 9.31. The van der Waals surface area contributed by atoms with Gasteiger partial charge in [-0.05, 0) is 31.0 Å². The van der Waals surface area contributed by atoms with Crippen molar-refractivity contribution < 1.29 is 21.6 Å². The van der Waals surface area contributed by atoms with E-state index in [1.807, 2.05) is 6.92 Å². The highest BCUT2D eigenvalue weighted by atomic mass is 35.5. The molecule has 120 valence electrons. The second kappa shape index (κ2) is 6.95. The quantitative estimate of drug-likeness (QED) is 0.822. The van der Waals surface area contributed by atoms with Crippen molar-refractivity contribution in [2.45, 2.75) is 24.3 Å². The molecular weight excluding hydrogens is 329 g/mol. The molecule has 2 N–H and O–H groups in total. The number of hydrogen-bond donors (Lipinski definition) is 2. The molecule has 2 unspecified atom stereocenters. The van der Waals surface area contributed by atoms with Crippen molar-refractivity contribution in [3.05, 3.63) is 29.6 Å². The molecule has 2 rings (SSSR count). The second-order valence-electron chi connectivity index (χ2n) is 4.90. The number of rotatable bonds is 3. The highest BCUT2D eigenvalue weighted by molar-refractivity contribution is 7.89. The Morgan fingerprint density at radius 1 is 1.24 bits per heavy atom. The summed E-state index contributed by atoms with van der Waals surface area (Å²) in [6.07, 6.45) is 0.791. The molecule has 9 heteroatoms. The predicted molar refractivity (Wildman–Crippen MR) is 74.3 cm³/mol. The highest BCUT2D eigenvalue weighted by Crippen LogP contribution is 2.19. The summed E-state index contributed by atoms with van der Waals surface area (Å²) in [5, 5.41) is 3.04. The molecule has 0 radical (unpaired) electrons. The van der Waals surface area contributed by atoms with Gasteiger partial charge in [0.2, 0.25) is 10.0 Å². The number of nitrogens with one attached hydrogen (secondary N) is 2. The van der Waals surface area contributed by atoms with Gasteiger partial charge in [0, 0.05) is 12.6 Å². The van der Waals surface area contributed by atoms with Crippen LogP contribution in [-0.4, -0.2) is 27.5 Å². The van der Waals surface area contributed by atoms with Gasteiger partial charge in [0.25, 0.3) is 0 Å². The summed E-state index contributed by atoms with van der Waals surface area (Å²) in [4.78, 5) is -0.619. The van der Waals surface area contributed by atoms with Gasteiger partial charge in [-0.3, -0.25) is 0 Å². The predicted octanol–water partition coefficient (Wildman–Crippen LogP) is 1.80. The SMILES string of the molecule is CC1CCNCC1NS(=O)(=O)c1cc(F)c(F)c(F)c1.Cl. The van der Waals surface area contributed by atoms with Crippen molar-refractivity contribution in [3.63, 3.8) is 0 Å². The maximum absolute atomic E-state index is 13.1. The lowest BCUT2D eigenvalue weighted by Gasteiger charge is -2.29. The standard InChI is InChI=1S/C12H15F3N2O2S.ClH/c1-7-2-3-16-6-11(7)17-20(18,19)8-4-9(13)12(15)10(14)5-8;/h4-5,7,11,16-17H,2-3,6H2,1H3;1H. The Kier molecular flexibility index (Phi) is 6.03. The van der Waals surface area contributed by atoms with E-state index in [4.69, 9.17) is 0 Å². The van der Waals surface area contributed by atoms with Crippen LogP contribution in [0.5, 0.6) is 0 Å². The van der Waals surface area contributed by atoms with E-state index in [1.165, 1.54) is 0 Å². The lowest BCUT2D eigenvalue weighted by molar-refractivity contribution is 0.327. The Morgan fingerprint density at radius 3 is 2.33 bits per heavy atom. The molecule has 1 fully saturated rings. The van der Waals surface area contributed by atoms with E-state index in [2.05, 4.69) is 10.0 Å². The van der Waals surface area contributed by atoms with E-state index >= 15 is 0 Å². The number of halogens is 4. The minimum absolute atomic E-state index is 0. The smallest absolute Gasteiger partial charge is 0.241 e. The van der Waals surface area contributed by atoms with Gasteiger partial charge >= 0.3 is 0 Å². The Bertz CT molecular complexity index is 590. The number of piperidine rings is 1. The monoisotopic (exact) mass is 344 g/mol. The average Bonchev–Trinajstić information content (AvgIpc) is 2.38. The van der Waals surface area contributed by atoms with Crippen LogP contribution in [0.4, 0.5) is 13.2 Å². The lowest BCUT2D eigenvalue weighted by atomic mass is 9.96. The van der Waals surface area contributed by atoms with Gasteiger partial charge in [-0.25, -0.2) is 26.3 Å². The second-order valence-corrected chi connectivity index (χ2v) is 6.61. The average molecular weight is 345 g/mol. The first-order valence-electron chi connectivity index (χ1n) is 6.19. The number of hydrogen-bond acceptors (Lipinski definition) is 3. The van der Waals surface area contributed by atoms with E-state index in [0.29, 0.717) is 18.7 Å². The van der Waals surface area contributed by atoms with Gasteiger partial charge in [0.05, 0.1) is 4.90 Å². The van der Waals surface area contributed by atoms with Gasteiger partial charge in [0.1, 0.15) is 0 Å². The molecule has 21 heavy (non-hydrogen) atoms. The topological polar surface area (TPSA) is 58.2 Å². The lowest BCUT2D eigenvalue weighted by Crippen LogP contribution is -2.50. The first kappa shape index (κ1) is 18.2. The summed E-state index contributed by atoms with van der Waals surface area (Å²) < 4.78 is 65.6. The van der Waals surface area contributed by atoms with Gasteiger partial charge in [-0.1, -0.05) is 6.92 Å². The van der Waals surface area contributed by atoms with Crippen LogP contribution >= 0.6 is 12.4 Å². The van der Waals surface area contributed by atoms with E-state index in [1.54, 1.807) is 0 Å².